The van der Waals surface area contributed by atoms with E-state index in [1.165, 1.54) is 77.2 Å². The van der Waals surface area contributed by atoms with Crippen molar-refractivity contribution >= 4 is 43.5 Å². The molecule has 242 valence electrons. The third-order valence-electron chi connectivity index (χ3n) is 11.4. The van der Waals surface area contributed by atoms with Gasteiger partial charge in [-0.3, -0.25) is 0 Å². The van der Waals surface area contributed by atoms with Crippen molar-refractivity contribution in [3.63, 3.8) is 0 Å². The van der Waals surface area contributed by atoms with Gasteiger partial charge >= 0.3 is 0 Å². The second-order valence-electron chi connectivity index (χ2n) is 13.9. The van der Waals surface area contributed by atoms with Crippen LogP contribution in [0.4, 0.5) is 0 Å². The van der Waals surface area contributed by atoms with Crippen molar-refractivity contribution in [2.75, 3.05) is 0 Å². The minimum absolute atomic E-state index is 0.564. The molecule has 1 aromatic heterocycles. The van der Waals surface area contributed by atoms with Gasteiger partial charge < -0.3 is 4.42 Å². The Kier molecular flexibility index (Phi) is 6.23. The highest BCUT2D eigenvalue weighted by molar-refractivity contribution is 6.23. The summed E-state index contributed by atoms with van der Waals surface area (Å²) in [6.45, 7) is 0. The van der Waals surface area contributed by atoms with Gasteiger partial charge in [-0.2, -0.15) is 0 Å². The molecular formula is C51H32O. The van der Waals surface area contributed by atoms with Gasteiger partial charge in [0.1, 0.15) is 11.2 Å². The van der Waals surface area contributed by atoms with Crippen LogP contribution in [-0.2, 0) is 5.41 Å². The molecular weight excluding hydrogens is 629 g/mol. The Labute approximate surface area is 302 Å². The van der Waals surface area contributed by atoms with Crippen LogP contribution in [0.15, 0.2) is 199 Å². The van der Waals surface area contributed by atoms with Gasteiger partial charge in [-0.25, -0.2) is 0 Å². The number of para-hydroxylation sites is 1. The first-order chi connectivity index (χ1) is 25.8. The zero-order valence-electron chi connectivity index (χ0n) is 28.4. The van der Waals surface area contributed by atoms with Gasteiger partial charge in [-0.05, 0) is 89.3 Å². The quantitative estimate of drug-likeness (QED) is 0.171. The Morgan fingerprint density at radius 3 is 1.58 bits per heavy atom. The van der Waals surface area contributed by atoms with E-state index in [4.69, 9.17) is 4.42 Å². The summed E-state index contributed by atoms with van der Waals surface area (Å²) in [5.41, 5.74) is 13.8. The highest BCUT2D eigenvalue weighted by Crippen LogP contribution is 2.59. The Balaban J connectivity index is 1.28. The normalized spacial score (nSPS) is 15.0. The summed E-state index contributed by atoms with van der Waals surface area (Å²) >= 11 is 0. The van der Waals surface area contributed by atoms with Crippen LogP contribution >= 0.6 is 0 Å². The maximum absolute atomic E-state index is 6.55. The van der Waals surface area contributed by atoms with Crippen molar-refractivity contribution in [1.82, 2.24) is 0 Å². The van der Waals surface area contributed by atoms with E-state index in [9.17, 15) is 0 Å². The fraction of sp³-hybridized carbons (Fsp3) is 0.0196. The van der Waals surface area contributed by atoms with Crippen LogP contribution in [0.5, 0.6) is 0 Å². The number of hydrogen-bond acceptors (Lipinski definition) is 1. The van der Waals surface area contributed by atoms with Crippen LogP contribution in [-0.4, -0.2) is 0 Å². The summed E-state index contributed by atoms with van der Waals surface area (Å²) in [6.07, 6.45) is 0. The number of benzene rings is 9. The standard InChI is InChI=1S/C51H32O/c1-3-16-33(17-4-1)48-38-21-7-9-23-40(38)49(41-24-10-8-22-39(41)48)43-26-15-28-45-50(43)42-25-11-13-27-44(42)51(45,34-18-5-2-6-19-34)35-30-31-37-36-20-12-14-29-46(36)52-47(37)32-35/h1-32H. The molecule has 9 aromatic carbocycles. The maximum Gasteiger partial charge on any atom is 0.135 e. The summed E-state index contributed by atoms with van der Waals surface area (Å²) in [4.78, 5) is 0. The highest BCUT2D eigenvalue weighted by atomic mass is 16.3. The zero-order chi connectivity index (χ0) is 34.2. The van der Waals surface area contributed by atoms with E-state index in [1.807, 2.05) is 6.07 Å². The lowest BCUT2D eigenvalue weighted by Crippen LogP contribution is -2.28. The zero-order valence-corrected chi connectivity index (χ0v) is 28.4. The lowest BCUT2D eigenvalue weighted by Gasteiger charge is -2.34. The van der Waals surface area contributed by atoms with Crippen LogP contribution in [0.1, 0.15) is 22.3 Å². The van der Waals surface area contributed by atoms with E-state index >= 15 is 0 Å². The fourth-order valence-electron chi connectivity index (χ4n) is 9.31. The molecule has 11 rings (SSSR count). The first-order valence-electron chi connectivity index (χ1n) is 18.0. The summed E-state index contributed by atoms with van der Waals surface area (Å²) in [5, 5.41) is 7.31. The van der Waals surface area contributed by atoms with E-state index in [0.29, 0.717) is 0 Å². The molecule has 0 saturated carbocycles. The Morgan fingerprint density at radius 1 is 0.308 bits per heavy atom. The molecule has 1 aliphatic carbocycles. The third kappa shape index (κ3) is 3.94. The number of fused-ring (bicyclic) bond motifs is 8. The van der Waals surface area contributed by atoms with Crippen molar-refractivity contribution in [2.45, 2.75) is 5.41 Å². The summed E-state index contributed by atoms with van der Waals surface area (Å²) in [7, 11) is 0. The van der Waals surface area contributed by atoms with E-state index in [0.717, 1.165) is 21.9 Å². The second kappa shape index (κ2) is 11.2. The van der Waals surface area contributed by atoms with Gasteiger partial charge in [-0.15, -0.1) is 0 Å². The number of rotatable bonds is 4. The summed E-state index contributed by atoms with van der Waals surface area (Å²) < 4.78 is 6.55. The van der Waals surface area contributed by atoms with E-state index in [2.05, 4.69) is 188 Å². The Hall–Kier alpha value is -6.70. The molecule has 0 bridgehead atoms. The SMILES string of the molecule is c1ccc(-c2c3ccccc3c(-c3cccc4c3-c3ccccc3C4(c3ccccc3)c3ccc4c(c3)oc3ccccc34)c3ccccc23)cc1. The summed E-state index contributed by atoms with van der Waals surface area (Å²) in [6, 6.07) is 71.0. The molecule has 0 spiro atoms. The smallest absolute Gasteiger partial charge is 0.135 e. The van der Waals surface area contributed by atoms with E-state index in [-0.39, 0.29) is 0 Å². The molecule has 1 heterocycles. The lowest BCUT2D eigenvalue weighted by molar-refractivity contribution is 0.665. The van der Waals surface area contributed by atoms with Crippen molar-refractivity contribution in [2.24, 2.45) is 0 Å². The molecule has 1 aliphatic rings. The summed E-state index contributed by atoms with van der Waals surface area (Å²) in [5.74, 6) is 0. The molecule has 1 unspecified atom stereocenters. The Morgan fingerprint density at radius 2 is 0.846 bits per heavy atom. The second-order valence-corrected chi connectivity index (χ2v) is 13.9. The van der Waals surface area contributed by atoms with Crippen molar-refractivity contribution in [3.8, 4) is 33.4 Å². The van der Waals surface area contributed by atoms with Crippen molar-refractivity contribution in [1.29, 1.82) is 0 Å². The molecule has 0 amide bonds. The molecule has 0 fully saturated rings. The van der Waals surface area contributed by atoms with Crippen LogP contribution in [0.3, 0.4) is 0 Å². The molecule has 52 heavy (non-hydrogen) atoms. The molecule has 0 aliphatic heterocycles. The first-order valence-corrected chi connectivity index (χ1v) is 18.0. The number of hydrogen-bond donors (Lipinski definition) is 0. The fourth-order valence-corrected chi connectivity index (χ4v) is 9.31. The van der Waals surface area contributed by atoms with E-state index < -0.39 is 5.41 Å². The minimum Gasteiger partial charge on any atom is -0.456 e. The van der Waals surface area contributed by atoms with E-state index in [1.54, 1.807) is 0 Å². The lowest BCUT2D eigenvalue weighted by atomic mass is 9.67. The van der Waals surface area contributed by atoms with Gasteiger partial charge in [0, 0.05) is 10.8 Å². The number of furan rings is 1. The monoisotopic (exact) mass is 660 g/mol. The van der Waals surface area contributed by atoms with Crippen LogP contribution < -0.4 is 0 Å². The largest absolute Gasteiger partial charge is 0.456 e. The topological polar surface area (TPSA) is 13.1 Å². The molecule has 0 N–H and O–H groups in total. The average molecular weight is 661 g/mol. The van der Waals surface area contributed by atoms with Crippen molar-refractivity contribution < 1.29 is 4.42 Å². The maximum atomic E-state index is 6.55. The van der Waals surface area contributed by atoms with Crippen LogP contribution in [0, 0.1) is 0 Å². The van der Waals surface area contributed by atoms with Crippen LogP contribution in [0.25, 0.3) is 76.9 Å². The first kappa shape index (κ1) is 29.1. The molecule has 1 heteroatoms. The molecule has 1 nitrogen and oxygen atoms in total. The predicted octanol–water partition coefficient (Wildman–Crippen LogP) is 13.6. The van der Waals surface area contributed by atoms with Gasteiger partial charge in [0.2, 0.25) is 0 Å². The average Bonchev–Trinajstić information content (AvgIpc) is 3.74. The van der Waals surface area contributed by atoms with Crippen LogP contribution in [0.2, 0.25) is 0 Å². The molecule has 1 atom stereocenters. The minimum atomic E-state index is -0.564. The third-order valence-corrected chi connectivity index (χ3v) is 11.4. The predicted molar refractivity (Wildman–Crippen MR) is 217 cm³/mol. The van der Waals surface area contributed by atoms with Gasteiger partial charge in [0.15, 0.2) is 0 Å². The van der Waals surface area contributed by atoms with Crippen molar-refractivity contribution in [3.05, 3.63) is 216 Å². The van der Waals surface area contributed by atoms with Gasteiger partial charge in [-0.1, -0.05) is 182 Å². The van der Waals surface area contributed by atoms with Gasteiger partial charge in [0.05, 0.1) is 5.41 Å². The molecule has 10 aromatic rings. The molecule has 0 radical (unpaired) electrons. The highest BCUT2D eigenvalue weighted by Gasteiger charge is 2.47. The Bertz CT molecular complexity index is 2950. The van der Waals surface area contributed by atoms with Gasteiger partial charge in [0.25, 0.3) is 0 Å². The molecule has 0 saturated heterocycles.